The van der Waals surface area contributed by atoms with Gasteiger partial charge in [0.15, 0.2) is 9.84 Å². The minimum absolute atomic E-state index is 0.139. The van der Waals surface area contributed by atoms with Gasteiger partial charge < -0.3 is 4.57 Å². The summed E-state index contributed by atoms with van der Waals surface area (Å²) in [5.74, 6) is 0.139. The second-order valence-electron chi connectivity index (χ2n) is 4.60. The van der Waals surface area contributed by atoms with Gasteiger partial charge in [-0.15, -0.1) is 0 Å². The molecule has 3 nitrogen and oxygen atoms in total. The van der Waals surface area contributed by atoms with Gasteiger partial charge in [-0.25, -0.2) is 8.42 Å². The van der Waals surface area contributed by atoms with Crippen molar-refractivity contribution in [2.24, 2.45) is 0 Å². The number of halogens is 1. The van der Waals surface area contributed by atoms with Crippen molar-refractivity contribution in [2.75, 3.05) is 5.75 Å². The van der Waals surface area contributed by atoms with Crippen LogP contribution in [0.25, 0.3) is 10.9 Å². The number of fused-ring (bicyclic) bond motifs is 1. The molecule has 0 aliphatic heterocycles. The summed E-state index contributed by atoms with van der Waals surface area (Å²) in [6.45, 7) is 3.85. The molecule has 0 amide bonds. The lowest BCUT2D eigenvalue weighted by atomic mass is 10.2. The summed E-state index contributed by atoms with van der Waals surface area (Å²) in [6.07, 6.45) is 1.88. The maximum absolute atomic E-state index is 11.8. The van der Waals surface area contributed by atoms with Crippen molar-refractivity contribution >= 4 is 32.3 Å². The van der Waals surface area contributed by atoms with Gasteiger partial charge in [0.2, 0.25) is 0 Å². The molecule has 0 radical (unpaired) electrons. The Morgan fingerprint density at radius 1 is 1.28 bits per heavy atom. The van der Waals surface area contributed by atoms with Crippen LogP contribution >= 0.6 is 11.6 Å². The van der Waals surface area contributed by atoms with Crippen LogP contribution < -0.4 is 0 Å². The van der Waals surface area contributed by atoms with Gasteiger partial charge in [-0.3, -0.25) is 0 Å². The Kier molecular flexibility index (Phi) is 3.69. The number of aryl methyl sites for hydroxylation is 1. The third-order valence-electron chi connectivity index (χ3n) is 3.07. The first kappa shape index (κ1) is 13.4. The largest absolute Gasteiger partial charge is 0.345 e. The summed E-state index contributed by atoms with van der Waals surface area (Å²) in [4.78, 5) is 0. The molecule has 1 aromatic heterocycles. The van der Waals surface area contributed by atoms with Crippen LogP contribution in [0, 0.1) is 0 Å². The lowest BCUT2D eigenvalue weighted by molar-refractivity contribution is 0.581. The number of para-hydroxylation sites is 1. The summed E-state index contributed by atoms with van der Waals surface area (Å²) in [7, 11) is -3.02. The number of benzene rings is 1. The van der Waals surface area contributed by atoms with E-state index in [1.165, 1.54) is 0 Å². The lowest BCUT2D eigenvalue weighted by Gasteiger charge is -2.10. The highest BCUT2D eigenvalue weighted by atomic mass is 35.5. The molecule has 0 aliphatic carbocycles. The molecule has 98 valence electrons. The molecule has 0 atom stereocenters. The van der Waals surface area contributed by atoms with E-state index in [2.05, 4.69) is 0 Å². The van der Waals surface area contributed by atoms with Crippen LogP contribution in [-0.2, 0) is 16.4 Å². The molecule has 0 saturated carbocycles. The number of rotatable bonds is 4. The fourth-order valence-electron chi connectivity index (χ4n) is 1.86. The molecule has 5 heteroatoms. The number of hydrogen-bond donors (Lipinski definition) is 0. The number of aromatic nitrogens is 1. The van der Waals surface area contributed by atoms with Crippen LogP contribution in [0.5, 0.6) is 0 Å². The Morgan fingerprint density at radius 2 is 2.00 bits per heavy atom. The van der Waals surface area contributed by atoms with E-state index in [1.54, 1.807) is 13.8 Å². The molecular formula is C13H16ClNO2S. The lowest BCUT2D eigenvalue weighted by Crippen LogP contribution is -2.20. The zero-order valence-corrected chi connectivity index (χ0v) is 12.0. The van der Waals surface area contributed by atoms with E-state index in [4.69, 9.17) is 11.6 Å². The third-order valence-corrected chi connectivity index (χ3v) is 5.57. The fraction of sp³-hybridized carbons (Fsp3) is 0.385. The predicted octanol–water partition coefficient (Wildman–Crippen LogP) is 3.12. The molecule has 1 aromatic carbocycles. The standard InChI is InChI=1S/C13H16ClNO2S/c1-10(2)18(16,17)9-8-15-7-6-11-4-3-5-12(14)13(11)15/h3-7,10H,8-9H2,1-2H3. The van der Waals surface area contributed by atoms with Gasteiger partial charge in [0.05, 0.1) is 21.5 Å². The molecule has 2 aromatic rings. The summed E-state index contributed by atoms with van der Waals surface area (Å²) in [6, 6.07) is 7.62. The summed E-state index contributed by atoms with van der Waals surface area (Å²) >= 11 is 6.15. The average molecular weight is 286 g/mol. The molecular weight excluding hydrogens is 270 g/mol. The predicted molar refractivity (Wildman–Crippen MR) is 75.9 cm³/mol. The topological polar surface area (TPSA) is 39.1 Å². The molecule has 0 saturated heterocycles. The van der Waals surface area contributed by atoms with E-state index >= 15 is 0 Å². The van der Waals surface area contributed by atoms with Crippen LogP contribution in [0.2, 0.25) is 5.02 Å². The Bertz CT molecular complexity index is 659. The van der Waals surface area contributed by atoms with Gasteiger partial charge in [0.25, 0.3) is 0 Å². The van der Waals surface area contributed by atoms with Gasteiger partial charge in [-0.1, -0.05) is 23.7 Å². The maximum atomic E-state index is 11.8. The maximum Gasteiger partial charge on any atom is 0.154 e. The van der Waals surface area contributed by atoms with E-state index in [-0.39, 0.29) is 11.0 Å². The van der Waals surface area contributed by atoms with Crippen molar-refractivity contribution in [3.63, 3.8) is 0 Å². The molecule has 0 bridgehead atoms. The van der Waals surface area contributed by atoms with E-state index in [1.807, 2.05) is 35.0 Å². The molecule has 1 heterocycles. The smallest absolute Gasteiger partial charge is 0.154 e. The van der Waals surface area contributed by atoms with Crippen LogP contribution in [0.3, 0.4) is 0 Å². The first-order valence-electron chi connectivity index (χ1n) is 5.87. The quantitative estimate of drug-likeness (QED) is 0.866. The molecule has 2 rings (SSSR count). The van der Waals surface area contributed by atoms with Crippen molar-refractivity contribution < 1.29 is 8.42 Å². The Labute approximate surface area is 112 Å². The van der Waals surface area contributed by atoms with Gasteiger partial charge in [-0.2, -0.15) is 0 Å². The zero-order chi connectivity index (χ0) is 13.3. The van der Waals surface area contributed by atoms with Crippen LogP contribution in [0.15, 0.2) is 30.5 Å². The first-order chi connectivity index (χ1) is 8.42. The van der Waals surface area contributed by atoms with Gasteiger partial charge >= 0.3 is 0 Å². The highest BCUT2D eigenvalue weighted by Gasteiger charge is 2.16. The summed E-state index contributed by atoms with van der Waals surface area (Å²) in [5.41, 5.74) is 0.901. The number of hydrogen-bond acceptors (Lipinski definition) is 2. The van der Waals surface area contributed by atoms with E-state index in [0.717, 1.165) is 10.9 Å². The fourth-order valence-corrected chi connectivity index (χ4v) is 3.07. The first-order valence-corrected chi connectivity index (χ1v) is 7.96. The van der Waals surface area contributed by atoms with Crippen molar-refractivity contribution in [3.8, 4) is 0 Å². The summed E-state index contributed by atoms with van der Waals surface area (Å²) < 4.78 is 25.5. The molecule has 0 aliphatic rings. The molecule has 0 spiro atoms. The van der Waals surface area contributed by atoms with Crippen molar-refractivity contribution in [1.82, 2.24) is 4.57 Å². The van der Waals surface area contributed by atoms with Crippen molar-refractivity contribution in [3.05, 3.63) is 35.5 Å². The monoisotopic (exact) mass is 285 g/mol. The third kappa shape index (κ3) is 2.54. The SMILES string of the molecule is CC(C)S(=O)(=O)CCn1ccc2cccc(Cl)c21. The van der Waals surface area contributed by atoms with E-state index in [0.29, 0.717) is 11.6 Å². The molecule has 0 N–H and O–H groups in total. The highest BCUT2D eigenvalue weighted by molar-refractivity contribution is 7.91. The second-order valence-corrected chi connectivity index (χ2v) is 7.69. The minimum atomic E-state index is -3.02. The second kappa shape index (κ2) is 4.94. The van der Waals surface area contributed by atoms with Crippen molar-refractivity contribution in [2.45, 2.75) is 25.6 Å². The van der Waals surface area contributed by atoms with Crippen LogP contribution in [-0.4, -0.2) is 24.0 Å². The number of nitrogens with zero attached hydrogens (tertiary/aromatic N) is 1. The van der Waals surface area contributed by atoms with Gasteiger partial charge in [-0.05, 0) is 26.0 Å². The van der Waals surface area contributed by atoms with E-state index in [9.17, 15) is 8.42 Å². The highest BCUT2D eigenvalue weighted by Crippen LogP contribution is 2.24. The Balaban J connectivity index is 2.29. The normalized spacial score (nSPS) is 12.4. The molecule has 0 unspecified atom stereocenters. The Hall–Kier alpha value is -1.00. The number of sulfone groups is 1. The van der Waals surface area contributed by atoms with Crippen LogP contribution in [0.1, 0.15) is 13.8 Å². The average Bonchev–Trinajstić information content (AvgIpc) is 2.71. The van der Waals surface area contributed by atoms with Gasteiger partial charge in [0, 0.05) is 18.1 Å². The van der Waals surface area contributed by atoms with Crippen LogP contribution in [0.4, 0.5) is 0 Å². The minimum Gasteiger partial charge on any atom is -0.345 e. The molecule has 18 heavy (non-hydrogen) atoms. The van der Waals surface area contributed by atoms with Crippen molar-refractivity contribution in [1.29, 1.82) is 0 Å². The Morgan fingerprint density at radius 3 is 2.67 bits per heavy atom. The van der Waals surface area contributed by atoms with E-state index < -0.39 is 9.84 Å². The molecule has 0 fully saturated rings. The summed E-state index contributed by atoms with van der Waals surface area (Å²) in [5, 5.41) is 1.35. The van der Waals surface area contributed by atoms with Gasteiger partial charge in [0.1, 0.15) is 0 Å². The zero-order valence-electron chi connectivity index (χ0n) is 10.4.